The largest absolute Gasteiger partial charge is 0.374 e. The van der Waals surface area contributed by atoms with Gasteiger partial charge >= 0.3 is 0 Å². The maximum absolute atomic E-state index is 11.8. The van der Waals surface area contributed by atoms with Crippen molar-refractivity contribution in [1.29, 1.82) is 0 Å². The molecule has 1 aromatic carbocycles. The number of carbonyl (C=O) groups excluding carboxylic acids is 1. The number of rotatable bonds is 5. The lowest BCUT2D eigenvalue weighted by molar-refractivity contribution is -0.128. The van der Waals surface area contributed by atoms with Gasteiger partial charge in [-0.25, -0.2) is 0 Å². The SMILES string of the molecule is CCC(OC)C(=O)Cc1cccc(Cl)c1Cl. The maximum Gasteiger partial charge on any atom is 0.165 e. The minimum atomic E-state index is -0.366. The summed E-state index contributed by atoms with van der Waals surface area (Å²) in [6, 6.07) is 5.28. The third kappa shape index (κ3) is 3.21. The molecule has 1 aromatic rings. The summed E-state index contributed by atoms with van der Waals surface area (Å²) in [7, 11) is 1.53. The summed E-state index contributed by atoms with van der Waals surface area (Å²) < 4.78 is 5.08. The Morgan fingerprint density at radius 1 is 1.44 bits per heavy atom. The van der Waals surface area contributed by atoms with E-state index in [2.05, 4.69) is 0 Å². The molecular weight excluding hydrogens is 247 g/mol. The Morgan fingerprint density at radius 3 is 2.69 bits per heavy atom. The average molecular weight is 261 g/mol. The van der Waals surface area contributed by atoms with Gasteiger partial charge in [-0.1, -0.05) is 42.3 Å². The molecule has 88 valence electrons. The Morgan fingerprint density at radius 2 is 2.12 bits per heavy atom. The highest BCUT2D eigenvalue weighted by Crippen LogP contribution is 2.26. The molecule has 0 amide bonds. The molecule has 4 heteroatoms. The van der Waals surface area contributed by atoms with E-state index in [0.717, 1.165) is 5.56 Å². The third-order valence-electron chi connectivity index (χ3n) is 2.41. The van der Waals surface area contributed by atoms with Crippen LogP contribution in [0.4, 0.5) is 0 Å². The lowest BCUT2D eigenvalue weighted by atomic mass is 10.0. The van der Waals surface area contributed by atoms with Gasteiger partial charge in [-0.05, 0) is 18.1 Å². The van der Waals surface area contributed by atoms with Crippen molar-refractivity contribution in [3.05, 3.63) is 33.8 Å². The van der Waals surface area contributed by atoms with Crippen LogP contribution in [0.5, 0.6) is 0 Å². The van der Waals surface area contributed by atoms with E-state index in [4.69, 9.17) is 27.9 Å². The predicted octanol–water partition coefficient (Wildman–Crippen LogP) is 3.53. The van der Waals surface area contributed by atoms with E-state index in [1.54, 1.807) is 18.2 Å². The van der Waals surface area contributed by atoms with Crippen LogP contribution in [0.25, 0.3) is 0 Å². The molecule has 1 rings (SSSR count). The van der Waals surface area contributed by atoms with Crippen molar-refractivity contribution in [1.82, 2.24) is 0 Å². The molecule has 16 heavy (non-hydrogen) atoms. The number of carbonyl (C=O) groups is 1. The van der Waals surface area contributed by atoms with Crippen LogP contribution in [0, 0.1) is 0 Å². The molecule has 0 fully saturated rings. The summed E-state index contributed by atoms with van der Waals surface area (Å²) in [5.41, 5.74) is 0.745. The normalized spacial score (nSPS) is 12.5. The van der Waals surface area contributed by atoms with Crippen LogP contribution in [0.15, 0.2) is 18.2 Å². The summed E-state index contributed by atoms with van der Waals surface area (Å²) in [4.78, 5) is 11.8. The van der Waals surface area contributed by atoms with Crippen LogP contribution in [0.3, 0.4) is 0 Å². The molecule has 0 aliphatic rings. The Hall–Kier alpha value is -0.570. The van der Waals surface area contributed by atoms with Crippen LogP contribution in [0.1, 0.15) is 18.9 Å². The van der Waals surface area contributed by atoms with E-state index in [1.165, 1.54) is 7.11 Å². The van der Waals surface area contributed by atoms with Crippen molar-refractivity contribution in [2.45, 2.75) is 25.9 Å². The smallest absolute Gasteiger partial charge is 0.165 e. The zero-order chi connectivity index (χ0) is 12.1. The fraction of sp³-hybridized carbons (Fsp3) is 0.417. The van der Waals surface area contributed by atoms with Crippen LogP contribution < -0.4 is 0 Å². The number of ether oxygens (including phenoxy) is 1. The fourth-order valence-corrected chi connectivity index (χ4v) is 1.90. The number of Topliss-reactive ketones (excluding diaryl/α,β-unsaturated/α-hetero) is 1. The molecule has 2 nitrogen and oxygen atoms in total. The highest BCUT2D eigenvalue weighted by atomic mass is 35.5. The highest BCUT2D eigenvalue weighted by molar-refractivity contribution is 6.42. The lowest BCUT2D eigenvalue weighted by Gasteiger charge is -2.12. The van der Waals surface area contributed by atoms with Gasteiger partial charge in [0.2, 0.25) is 0 Å². The van der Waals surface area contributed by atoms with Crippen molar-refractivity contribution in [2.24, 2.45) is 0 Å². The Bertz CT molecular complexity index is 373. The Kier molecular flexibility index (Phi) is 5.26. The number of hydrogen-bond acceptors (Lipinski definition) is 2. The minimum absolute atomic E-state index is 0.0224. The van der Waals surface area contributed by atoms with Crippen molar-refractivity contribution in [3.63, 3.8) is 0 Å². The summed E-state index contributed by atoms with van der Waals surface area (Å²) in [6.07, 6.45) is 0.550. The summed E-state index contributed by atoms with van der Waals surface area (Å²) in [6.45, 7) is 1.91. The first-order valence-corrected chi connectivity index (χ1v) is 5.84. The van der Waals surface area contributed by atoms with E-state index in [-0.39, 0.29) is 18.3 Å². The number of methoxy groups -OCH3 is 1. The second-order valence-corrected chi connectivity index (χ2v) is 4.27. The van der Waals surface area contributed by atoms with E-state index in [9.17, 15) is 4.79 Å². The standard InChI is InChI=1S/C12H14Cl2O2/c1-3-11(16-2)10(15)7-8-5-4-6-9(13)12(8)14/h4-6,11H,3,7H2,1-2H3. The zero-order valence-electron chi connectivity index (χ0n) is 9.30. The highest BCUT2D eigenvalue weighted by Gasteiger charge is 2.17. The van der Waals surface area contributed by atoms with Gasteiger partial charge in [-0.3, -0.25) is 4.79 Å². The number of ketones is 1. The summed E-state index contributed by atoms with van der Waals surface area (Å²) in [5, 5.41) is 0.918. The van der Waals surface area contributed by atoms with Gasteiger partial charge in [-0.2, -0.15) is 0 Å². The Balaban J connectivity index is 2.80. The van der Waals surface area contributed by atoms with E-state index in [0.29, 0.717) is 16.5 Å². The molecule has 0 bridgehead atoms. The first-order chi connectivity index (χ1) is 7.60. The molecule has 0 aromatic heterocycles. The quantitative estimate of drug-likeness (QED) is 0.810. The van der Waals surface area contributed by atoms with Gasteiger partial charge in [0.15, 0.2) is 5.78 Å². The van der Waals surface area contributed by atoms with E-state index < -0.39 is 0 Å². The third-order valence-corrected chi connectivity index (χ3v) is 3.27. The molecule has 0 saturated heterocycles. The molecule has 1 unspecified atom stereocenters. The molecule has 0 radical (unpaired) electrons. The van der Waals surface area contributed by atoms with Gasteiger partial charge in [0, 0.05) is 13.5 Å². The molecular formula is C12H14Cl2O2. The summed E-state index contributed by atoms with van der Waals surface area (Å²) in [5.74, 6) is 0.0224. The topological polar surface area (TPSA) is 26.3 Å². The first kappa shape index (κ1) is 13.5. The Labute approximate surface area is 106 Å². The number of hydrogen-bond donors (Lipinski definition) is 0. The second-order valence-electron chi connectivity index (χ2n) is 3.49. The van der Waals surface area contributed by atoms with Crippen molar-refractivity contribution < 1.29 is 9.53 Å². The van der Waals surface area contributed by atoms with E-state index in [1.807, 2.05) is 6.92 Å². The zero-order valence-corrected chi connectivity index (χ0v) is 10.8. The fourth-order valence-electron chi connectivity index (χ4n) is 1.51. The van der Waals surface area contributed by atoms with Gasteiger partial charge < -0.3 is 4.74 Å². The van der Waals surface area contributed by atoms with Crippen LogP contribution in [-0.4, -0.2) is 19.0 Å². The first-order valence-electron chi connectivity index (χ1n) is 5.08. The van der Waals surface area contributed by atoms with Crippen LogP contribution in [0.2, 0.25) is 10.0 Å². The monoisotopic (exact) mass is 260 g/mol. The lowest BCUT2D eigenvalue weighted by Crippen LogP contribution is -2.23. The van der Waals surface area contributed by atoms with E-state index >= 15 is 0 Å². The molecule has 0 heterocycles. The number of benzene rings is 1. The second kappa shape index (κ2) is 6.24. The molecule has 0 saturated carbocycles. The molecule has 0 N–H and O–H groups in total. The maximum atomic E-state index is 11.8. The van der Waals surface area contributed by atoms with Crippen molar-refractivity contribution in [2.75, 3.05) is 7.11 Å². The van der Waals surface area contributed by atoms with Crippen LogP contribution >= 0.6 is 23.2 Å². The van der Waals surface area contributed by atoms with Gasteiger partial charge in [0.1, 0.15) is 6.10 Å². The molecule has 0 aliphatic carbocycles. The van der Waals surface area contributed by atoms with Gasteiger partial charge in [0.25, 0.3) is 0 Å². The molecule has 0 spiro atoms. The van der Waals surface area contributed by atoms with Crippen molar-refractivity contribution in [3.8, 4) is 0 Å². The van der Waals surface area contributed by atoms with Crippen molar-refractivity contribution >= 4 is 29.0 Å². The predicted molar refractivity (Wildman–Crippen MR) is 66.3 cm³/mol. The van der Waals surface area contributed by atoms with Gasteiger partial charge in [-0.15, -0.1) is 0 Å². The minimum Gasteiger partial charge on any atom is -0.374 e. The van der Waals surface area contributed by atoms with Gasteiger partial charge in [0.05, 0.1) is 10.0 Å². The molecule has 1 atom stereocenters. The summed E-state index contributed by atoms with van der Waals surface area (Å²) >= 11 is 11.9. The van der Waals surface area contributed by atoms with Crippen LogP contribution in [-0.2, 0) is 16.0 Å². The number of halogens is 2. The molecule has 0 aliphatic heterocycles. The average Bonchev–Trinajstić information content (AvgIpc) is 2.26.